The molecule has 0 spiro atoms. The van der Waals surface area contributed by atoms with Crippen molar-refractivity contribution in [1.82, 2.24) is 14.7 Å². The number of amides is 1. The van der Waals surface area contributed by atoms with Gasteiger partial charge in [-0.1, -0.05) is 6.07 Å². The number of carboxylic acid groups (broad SMARTS) is 1. The number of ether oxygens (including phenoxy) is 1. The van der Waals surface area contributed by atoms with Gasteiger partial charge in [0.1, 0.15) is 0 Å². The van der Waals surface area contributed by atoms with E-state index < -0.39 is 29.8 Å². The number of carbonyl (C=O) groups excluding carboxylic acids is 1. The summed E-state index contributed by atoms with van der Waals surface area (Å²) in [6.45, 7) is 0.641. The van der Waals surface area contributed by atoms with Crippen LogP contribution in [0.1, 0.15) is 22.5 Å². The van der Waals surface area contributed by atoms with E-state index in [1.54, 1.807) is 0 Å². The molecular weight excluding hydrogens is 367 g/mol. The van der Waals surface area contributed by atoms with Crippen LogP contribution < -0.4 is 0 Å². The van der Waals surface area contributed by atoms with E-state index in [2.05, 4.69) is 5.10 Å². The molecule has 144 valence electrons. The zero-order valence-electron chi connectivity index (χ0n) is 14.0. The molecule has 7 nitrogen and oxygen atoms in total. The van der Waals surface area contributed by atoms with Crippen molar-refractivity contribution in [3.05, 3.63) is 47.8 Å². The number of carboxylic acids is 1. The number of morpholine rings is 1. The Bertz CT molecular complexity index is 850. The number of aromatic nitrogens is 2. The maximum atomic E-state index is 12.8. The van der Waals surface area contributed by atoms with Crippen LogP contribution in [-0.2, 0) is 15.7 Å². The van der Waals surface area contributed by atoms with Crippen LogP contribution >= 0.6 is 0 Å². The van der Waals surface area contributed by atoms with Crippen LogP contribution in [0.25, 0.3) is 5.69 Å². The molecule has 1 saturated heterocycles. The number of benzene rings is 1. The number of aliphatic carboxylic acids is 1. The van der Waals surface area contributed by atoms with E-state index >= 15 is 0 Å². The van der Waals surface area contributed by atoms with E-state index in [4.69, 9.17) is 9.84 Å². The van der Waals surface area contributed by atoms with Crippen molar-refractivity contribution in [2.75, 3.05) is 19.8 Å². The van der Waals surface area contributed by atoms with Crippen molar-refractivity contribution in [3.8, 4) is 5.69 Å². The third-order valence-electron chi connectivity index (χ3n) is 4.14. The van der Waals surface area contributed by atoms with Gasteiger partial charge in [0.15, 0.2) is 5.69 Å². The summed E-state index contributed by atoms with van der Waals surface area (Å²) in [4.78, 5) is 25.2. The highest BCUT2D eigenvalue weighted by Gasteiger charge is 2.34. The molecule has 10 heteroatoms. The largest absolute Gasteiger partial charge is 0.481 e. The molecule has 1 fully saturated rings. The molecule has 27 heavy (non-hydrogen) atoms. The Morgan fingerprint density at radius 3 is 2.74 bits per heavy atom. The van der Waals surface area contributed by atoms with Gasteiger partial charge in [-0.25, -0.2) is 4.68 Å². The summed E-state index contributed by atoms with van der Waals surface area (Å²) in [6.07, 6.45) is -3.65. The Hall–Kier alpha value is -2.88. The molecule has 1 amide bonds. The average molecular weight is 383 g/mol. The number of halogens is 3. The summed E-state index contributed by atoms with van der Waals surface area (Å²) in [5.41, 5.74) is -0.512. The summed E-state index contributed by atoms with van der Waals surface area (Å²) >= 11 is 0. The molecule has 1 N–H and O–H groups in total. The first-order valence-electron chi connectivity index (χ1n) is 8.09. The summed E-state index contributed by atoms with van der Waals surface area (Å²) < 4.78 is 44.4. The predicted molar refractivity (Wildman–Crippen MR) is 86.5 cm³/mol. The van der Waals surface area contributed by atoms with Gasteiger partial charge in [-0.15, -0.1) is 0 Å². The zero-order valence-corrected chi connectivity index (χ0v) is 14.0. The third-order valence-corrected chi connectivity index (χ3v) is 4.14. The van der Waals surface area contributed by atoms with Gasteiger partial charge in [-0.2, -0.15) is 18.3 Å². The summed E-state index contributed by atoms with van der Waals surface area (Å²) in [5, 5.41) is 12.5. The van der Waals surface area contributed by atoms with E-state index in [0.29, 0.717) is 5.69 Å². The SMILES string of the molecule is O=C(O)CC1COCCN1C(=O)c1cccc(-n2ccc(C(F)(F)F)n2)c1. The minimum absolute atomic E-state index is 0.117. The highest BCUT2D eigenvalue weighted by molar-refractivity contribution is 5.95. The average Bonchev–Trinajstić information content (AvgIpc) is 3.12. The van der Waals surface area contributed by atoms with Crippen LogP contribution in [0.4, 0.5) is 13.2 Å². The lowest BCUT2D eigenvalue weighted by atomic mass is 10.1. The molecule has 0 aliphatic carbocycles. The van der Waals surface area contributed by atoms with Gasteiger partial charge in [-0.3, -0.25) is 9.59 Å². The number of hydrogen-bond donors (Lipinski definition) is 1. The second-order valence-electron chi connectivity index (χ2n) is 6.02. The van der Waals surface area contributed by atoms with Gasteiger partial charge in [-0.05, 0) is 24.3 Å². The summed E-state index contributed by atoms with van der Waals surface area (Å²) in [6, 6.07) is 6.24. The monoisotopic (exact) mass is 383 g/mol. The molecule has 0 bridgehead atoms. The van der Waals surface area contributed by atoms with Gasteiger partial charge in [0, 0.05) is 18.3 Å². The van der Waals surface area contributed by atoms with E-state index in [1.165, 1.54) is 29.2 Å². The van der Waals surface area contributed by atoms with Crippen LogP contribution in [0.2, 0.25) is 0 Å². The zero-order chi connectivity index (χ0) is 19.6. The lowest BCUT2D eigenvalue weighted by Gasteiger charge is -2.35. The number of nitrogens with zero attached hydrogens (tertiary/aromatic N) is 3. The van der Waals surface area contributed by atoms with Crippen LogP contribution in [0, 0.1) is 0 Å². The number of rotatable bonds is 4. The molecule has 2 aromatic rings. The van der Waals surface area contributed by atoms with Crippen molar-refractivity contribution in [1.29, 1.82) is 0 Å². The Kier molecular flexibility index (Phi) is 5.17. The molecule has 1 aliphatic heterocycles. The first-order chi connectivity index (χ1) is 12.8. The Morgan fingerprint density at radius 2 is 2.07 bits per heavy atom. The van der Waals surface area contributed by atoms with Crippen LogP contribution in [0.5, 0.6) is 0 Å². The number of carbonyl (C=O) groups is 2. The third kappa shape index (κ3) is 4.27. The minimum atomic E-state index is -4.56. The fourth-order valence-electron chi connectivity index (χ4n) is 2.86. The van der Waals surface area contributed by atoms with Gasteiger partial charge in [0.2, 0.25) is 0 Å². The van der Waals surface area contributed by atoms with Crippen LogP contribution in [0.3, 0.4) is 0 Å². The lowest BCUT2D eigenvalue weighted by Crippen LogP contribution is -2.49. The fourth-order valence-corrected chi connectivity index (χ4v) is 2.86. The fraction of sp³-hybridized carbons (Fsp3) is 0.353. The van der Waals surface area contributed by atoms with Gasteiger partial charge in [0.25, 0.3) is 5.91 Å². The Morgan fingerprint density at radius 1 is 1.30 bits per heavy atom. The number of alkyl halides is 3. The highest BCUT2D eigenvalue weighted by Crippen LogP contribution is 2.28. The maximum absolute atomic E-state index is 12.8. The quantitative estimate of drug-likeness (QED) is 0.875. The first kappa shape index (κ1) is 18.9. The predicted octanol–water partition coefficient (Wildman–Crippen LogP) is 2.21. The molecule has 1 unspecified atom stereocenters. The molecule has 1 aliphatic rings. The van der Waals surface area contributed by atoms with Crippen molar-refractivity contribution in [2.45, 2.75) is 18.6 Å². The van der Waals surface area contributed by atoms with E-state index in [0.717, 1.165) is 16.9 Å². The first-order valence-corrected chi connectivity index (χ1v) is 8.09. The Labute approximate surface area is 151 Å². The van der Waals surface area contributed by atoms with Crippen LogP contribution in [0.15, 0.2) is 36.5 Å². The highest BCUT2D eigenvalue weighted by atomic mass is 19.4. The topological polar surface area (TPSA) is 84.7 Å². The molecule has 2 heterocycles. The smallest absolute Gasteiger partial charge is 0.435 e. The normalized spacial score (nSPS) is 17.7. The van der Waals surface area contributed by atoms with Crippen molar-refractivity contribution >= 4 is 11.9 Å². The number of hydrogen-bond acceptors (Lipinski definition) is 4. The minimum Gasteiger partial charge on any atom is -0.481 e. The molecule has 1 aromatic carbocycles. The van der Waals surface area contributed by atoms with Crippen molar-refractivity contribution in [3.63, 3.8) is 0 Å². The maximum Gasteiger partial charge on any atom is 0.435 e. The van der Waals surface area contributed by atoms with Gasteiger partial charge in [0.05, 0.1) is 31.4 Å². The molecule has 3 rings (SSSR count). The molecule has 1 atom stereocenters. The summed E-state index contributed by atoms with van der Waals surface area (Å²) in [5.74, 6) is -1.46. The lowest BCUT2D eigenvalue weighted by molar-refractivity contribution is -0.141. The molecule has 0 saturated carbocycles. The summed E-state index contributed by atoms with van der Waals surface area (Å²) in [7, 11) is 0. The van der Waals surface area contributed by atoms with Crippen molar-refractivity contribution < 1.29 is 32.6 Å². The Balaban J connectivity index is 1.85. The van der Waals surface area contributed by atoms with Crippen molar-refractivity contribution in [2.24, 2.45) is 0 Å². The standard InChI is InChI=1S/C17H16F3N3O4/c18-17(19,20)14-4-5-23(21-14)12-3-1-2-11(8-12)16(26)22-6-7-27-10-13(22)9-15(24)25/h1-5,8,13H,6-7,9-10H2,(H,24,25). The van der Waals surface area contributed by atoms with E-state index in [-0.39, 0.29) is 31.7 Å². The second-order valence-corrected chi connectivity index (χ2v) is 6.02. The second kappa shape index (κ2) is 7.39. The van der Waals surface area contributed by atoms with Gasteiger partial charge >= 0.3 is 12.1 Å². The molecule has 0 radical (unpaired) electrons. The molecular formula is C17H16F3N3O4. The van der Waals surface area contributed by atoms with Crippen LogP contribution in [-0.4, -0.2) is 57.5 Å². The van der Waals surface area contributed by atoms with E-state index in [1.807, 2.05) is 0 Å². The molecule has 1 aromatic heterocycles. The van der Waals surface area contributed by atoms with Gasteiger partial charge < -0.3 is 14.7 Å². The van der Waals surface area contributed by atoms with E-state index in [9.17, 15) is 22.8 Å².